The molecule has 1 saturated heterocycles. The number of nitrogens with zero attached hydrogens (tertiary/aromatic N) is 2. The largest absolute Gasteiger partial charge is 0.372 e. The van der Waals surface area contributed by atoms with Crippen LogP contribution in [0.4, 0.5) is 5.82 Å². The minimum Gasteiger partial charge on any atom is -0.372 e. The summed E-state index contributed by atoms with van der Waals surface area (Å²) in [6.45, 7) is 5.18. The Kier molecular flexibility index (Phi) is 4.42. The molecule has 1 N–H and O–H groups in total. The van der Waals surface area contributed by atoms with Crippen molar-refractivity contribution in [2.75, 3.05) is 25.5 Å². The number of aromatic nitrogens is 1. The first-order valence-corrected chi connectivity index (χ1v) is 7.08. The Balaban J connectivity index is 2.26. The first kappa shape index (κ1) is 14.3. The number of hydrogen-bond donors (Lipinski definition) is 1. The number of nitrogens with one attached hydrogen (secondary N) is 1. The van der Waals surface area contributed by atoms with Gasteiger partial charge in [0.25, 0.3) is 5.91 Å². The molecule has 104 valence electrons. The number of anilines is 1. The van der Waals surface area contributed by atoms with Gasteiger partial charge in [-0.05, 0) is 35.8 Å². The average molecular weight is 328 g/mol. The normalized spacial score (nSPS) is 23.3. The number of amides is 1. The highest BCUT2D eigenvalue weighted by molar-refractivity contribution is 9.10. The van der Waals surface area contributed by atoms with E-state index >= 15 is 0 Å². The maximum absolute atomic E-state index is 12.6. The molecule has 6 heteroatoms. The van der Waals surface area contributed by atoms with Crippen LogP contribution in [-0.4, -0.2) is 48.1 Å². The summed E-state index contributed by atoms with van der Waals surface area (Å²) in [4.78, 5) is 18.6. The predicted octanol–water partition coefficient (Wildman–Crippen LogP) is 2.14. The van der Waals surface area contributed by atoms with Gasteiger partial charge >= 0.3 is 0 Å². The van der Waals surface area contributed by atoms with E-state index in [0.29, 0.717) is 24.5 Å². The number of ether oxygens (including phenoxy) is 1. The summed E-state index contributed by atoms with van der Waals surface area (Å²) in [5, 5.41) is 2.95. The second-order valence-electron chi connectivity index (χ2n) is 4.77. The van der Waals surface area contributed by atoms with Crippen molar-refractivity contribution in [2.24, 2.45) is 0 Å². The Morgan fingerprint density at radius 1 is 1.47 bits per heavy atom. The Morgan fingerprint density at radius 3 is 2.68 bits per heavy atom. The molecule has 2 atom stereocenters. The molecule has 0 aromatic carbocycles. The zero-order valence-electron chi connectivity index (χ0n) is 11.3. The summed E-state index contributed by atoms with van der Waals surface area (Å²) in [5.41, 5.74) is 0.582. The molecule has 1 aromatic heterocycles. The van der Waals surface area contributed by atoms with Crippen molar-refractivity contribution < 1.29 is 9.53 Å². The van der Waals surface area contributed by atoms with Crippen LogP contribution in [0.5, 0.6) is 0 Å². The Bertz CT molecular complexity index is 471. The van der Waals surface area contributed by atoms with Crippen LogP contribution in [0.25, 0.3) is 0 Å². The summed E-state index contributed by atoms with van der Waals surface area (Å²) in [5.74, 6) is 0.583. The number of hydrogen-bond acceptors (Lipinski definition) is 4. The molecular weight excluding hydrogens is 310 g/mol. The quantitative estimate of drug-likeness (QED) is 0.904. The van der Waals surface area contributed by atoms with Crippen molar-refractivity contribution in [2.45, 2.75) is 26.1 Å². The first-order chi connectivity index (χ1) is 9.01. The molecule has 0 spiro atoms. The molecule has 1 aromatic rings. The van der Waals surface area contributed by atoms with Crippen LogP contribution in [0.15, 0.2) is 16.7 Å². The van der Waals surface area contributed by atoms with Crippen LogP contribution in [0.1, 0.15) is 24.2 Å². The number of halogens is 1. The minimum absolute atomic E-state index is 0.0137. The standard InChI is InChI=1S/C13H18BrN3O2/c1-8-6-17(7-9(2)19-8)13(18)11-4-10(14)5-16-12(11)15-3/h4-5,8-9H,6-7H2,1-3H3,(H,15,16)/t8-,9+. The third kappa shape index (κ3) is 3.25. The summed E-state index contributed by atoms with van der Waals surface area (Å²) in [6.07, 6.45) is 1.80. The number of carbonyl (C=O) groups excluding carboxylic acids is 1. The fraction of sp³-hybridized carbons (Fsp3) is 0.538. The molecule has 0 radical (unpaired) electrons. The van der Waals surface area contributed by atoms with Gasteiger partial charge in [-0.15, -0.1) is 0 Å². The van der Waals surface area contributed by atoms with Crippen molar-refractivity contribution in [1.29, 1.82) is 0 Å². The van der Waals surface area contributed by atoms with Crippen LogP contribution in [-0.2, 0) is 4.74 Å². The molecule has 2 rings (SSSR count). The third-order valence-electron chi connectivity index (χ3n) is 3.03. The minimum atomic E-state index is -0.0137. The number of morpholine rings is 1. The third-order valence-corrected chi connectivity index (χ3v) is 3.46. The highest BCUT2D eigenvalue weighted by Crippen LogP contribution is 2.21. The fourth-order valence-corrected chi connectivity index (χ4v) is 2.65. The maximum Gasteiger partial charge on any atom is 0.257 e. The summed E-state index contributed by atoms with van der Waals surface area (Å²) >= 11 is 3.36. The van der Waals surface area contributed by atoms with Gasteiger partial charge in [0.05, 0.1) is 17.8 Å². The lowest BCUT2D eigenvalue weighted by atomic mass is 10.1. The van der Waals surface area contributed by atoms with Crippen LogP contribution in [0.2, 0.25) is 0 Å². The topological polar surface area (TPSA) is 54.5 Å². The molecule has 19 heavy (non-hydrogen) atoms. The van der Waals surface area contributed by atoms with E-state index < -0.39 is 0 Å². The van der Waals surface area contributed by atoms with Gasteiger partial charge in [0.2, 0.25) is 0 Å². The maximum atomic E-state index is 12.6. The smallest absolute Gasteiger partial charge is 0.257 e. The van der Waals surface area contributed by atoms with Gasteiger partial charge in [-0.25, -0.2) is 4.98 Å². The van der Waals surface area contributed by atoms with E-state index in [1.165, 1.54) is 0 Å². The van der Waals surface area contributed by atoms with Crippen LogP contribution in [0, 0.1) is 0 Å². The van der Waals surface area contributed by atoms with E-state index in [-0.39, 0.29) is 18.1 Å². The second kappa shape index (κ2) is 5.88. The van der Waals surface area contributed by atoms with Crippen molar-refractivity contribution in [1.82, 2.24) is 9.88 Å². The Labute approximate surface area is 121 Å². The summed E-state index contributed by atoms with van der Waals surface area (Å²) < 4.78 is 6.44. The van der Waals surface area contributed by atoms with Gasteiger partial charge < -0.3 is 15.0 Å². The summed E-state index contributed by atoms with van der Waals surface area (Å²) in [6, 6.07) is 1.80. The highest BCUT2D eigenvalue weighted by Gasteiger charge is 2.28. The first-order valence-electron chi connectivity index (χ1n) is 6.29. The van der Waals surface area contributed by atoms with E-state index in [1.54, 1.807) is 19.3 Å². The molecule has 5 nitrogen and oxygen atoms in total. The van der Waals surface area contributed by atoms with E-state index in [9.17, 15) is 4.79 Å². The summed E-state index contributed by atoms with van der Waals surface area (Å²) in [7, 11) is 1.76. The molecular formula is C13H18BrN3O2. The zero-order chi connectivity index (χ0) is 14.0. The number of pyridine rings is 1. The van der Waals surface area contributed by atoms with Crippen molar-refractivity contribution in [3.05, 3.63) is 22.3 Å². The van der Waals surface area contributed by atoms with Crippen LogP contribution >= 0.6 is 15.9 Å². The molecule has 0 saturated carbocycles. The van der Waals surface area contributed by atoms with Gasteiger partial charge in [0.1, 0.15) is 5.82 Å². The van der Waals surface area contributed by atoms with Crippen molar-refractivity contribution in [3.8, 4) is 0 Å². The fourth-order valence-electron chi connectivity index (χ4n) is 2.32. The van der Waals surface area contributed by atoms with E-state index in [0.717, 1.165) is 4.47 Å². The van der Waals surface area contributed by atoms with E-state index in [4.69, 9.17) is 4.74 Å². The monoisotopic (exact) mass is 327 g/mol. The molecule has 1 fully saturated rings. The van der Waals surface area contributed by atoms with E-state index in [1.807, 2.05) is 18.7 Å². The molecule has 1 amide bonds. The average Bonchev–Trinajstić information content (AvgIpc) is 2.36. The molecule has 0 bridgehead atoms. The highest BCUT2D eigenvalue weighted by atomic mass is 79.9. The van der Waals surface area contributed by atoms with Gasteiger partial charge in [0.15, 0.2) is 0 Å². The van der Waals surface area contributed by atoms with Gasteiger partial charge in [-0.1, -0.05) is 0 Å². The Hall–Kier alpha value is -1.14. The lowest BCUT2D eigenvalue weighted by Gasteiger charge is -2.35. The van der Waals surface area contributed by atoms with Crippen molar-refractivity contribution in [3.63, 3.8) is 0 Å². The Morgan fingerprint density at radius 2 is 2.11 bits per heavy atom. The van der Waals surface area contributed by atoms with Crippen molar-refractivity contribution >= 4 is 27.7 Å². The lowest BCUT2D eigenvalue weighted by Crippen LogP contribution is -2.48. The van der Waals surface area contributed by atoms with E-state index in [2.05, 4.69) is 26.2 Å². The SMILES string of the molecule is CNc1ncc(Br)cc1C(=O)N1C[C@@H](C)O[C@@H](C)C1. The second-order valence-corrected chi connectivity index (χ2v) is 5.68. The molecule has 0 aliphatic carbocycles. The van der Waals surface area contributed by atoms with Gasteiger partial charge in [-0.2, -0.15) is 0 Å². The lowest BCUT2D eigenvalue weighted by molar-refractivity contribution is -0.0586. The molecule has 0 unspecified atom stereocenters. The van der Waals surface area contributed by atoms with Crippen LogP contribution in [0.3, 0.4) is 0 Å². The molecule has 1 aliphatic heterocycles. The molecule has 2 heterocycles. The molecule has 1 aliphatic rings. The van der Waals surface area contributed by atoms with Crippen LogP contribution < -0.4 is 5.32 Å². The van der Waals surface area contributed by atoms with Gasteiger partial charge in [-0.3, -0.25) is 4.79 Å². The predicted molar refractivity (Wildman–Crippen MR) is 77.4 cm³/mol. The number of rotatable bonds is 2. The zero-order valence-corrected chi connectivity index (χ0v) is 12.9. The number of carbonyl (C=O) groups is 1. The van der Waals surface area contributed by atoms with Gasteiger partial charge in [0, 0.05) is 30.8 Å².